The quantitative estimate of drug-likeness (QED) is 0.873. The summed E-state index contributed by atoms with van der Waals surface area (Å²) in [4.78, 5) is 20.1. The van der Waals surface area contributed by atoms with Gasteiger partial charge in [-0.3, -0.25) is 4.79 Å². The van der Waals surface area contributed by atoms with Crippen LogP contribution in [0.4, 0.5) is 5.69 Å². The van der Waals surface area contributed by atoms with Gasteiger partial charge in [-0.2, -0.15) is 5.10 Å². The van der Waals surface area contributed by atoms with Crippen molar-refractivity contribution in [1.82, 2.24) is 25.1 Å². The number of nitrogens with one attached hydrogen (secondary N) is 2. The zero-order valence-corrected chi connectivity index (χ0v) is 11.5. The van der Waals surface area contributed by atoms with Gasteiger partial charge in [-0.15, -0.1) is 12.4 Å². The Bertz CT molecular complexity index is 566. The van der Waals surface area contributed by atoms with Crippen LogP contribution in [0.1, 0.15) is 12.8 Å². The molecule has 0 saturated carbocycles. The Morgan fingerprint density at radius 1 is 1.40 bits per heavy atom. The molecule has 1 saturated heterocycles. The normalized spacial score (nSPS) is 17.5. The lowest BCUT2D eigenvalue weighted by atomic mass is 10.2. The first-order valence-electron chi connectivity index (χ1n) is 6.19. The molecule has 8 heteroatoms. The first-order valence-corrected chi connectivity index (χ1v) is 6.19. The molecule has 1 unspecified atom stereocenters. The molecule has 0 radical (unpaired) electrons. The third-order valence-corrected chi connectivity index (χ3v) is 2.98. The van der Waals surface area contributed by atoms with Gasteiger partial charge in [0, 0.05) is 12.4 Å². The lowest BCUT2D eigenvalue weighted by molar-refractivity contribution is -0.117. The van der Waals surface area contributed by atoms with Crippen LogP contribution >= 0.6 is 12.4 Å². The van der Waals surface area contributed by atoms with E-state index in [2.05, 4.69) is 25.7 Å². The fourth-order valence-corrected chi connectivity index (χ4v) is 2.04. The van der Waals surface area contributed by atoms with Crippen molar-refractivity contribution in [2.45, 2.75) is 18.9 Å². The van der Waals surface area contributed by atoms with E-state index in [9.17, 15) is 4.79 Å². The average molecular weight is 295 g/mol. The maximum absolute atomic E-state index is 11.9. The molecule has 1 aliphatic rings. The van der Waals surface area contributed by atoms with Crippen molar-refractivity contribution < 1.29 is 4.79 Å². The van der Waals surface area contributed by atoms with Gasteiger partial charge in [-0.05, 0) is 25.5 Å². The molecule has 1 aliphatic heterocycles. The van der Waals surface area contributed by atoms with Crippen LogP contribution in [0.5, 0.6) is 0 Å². The Morgan fingerprint density at radius 2 is 2.20 bits per heavy atom. The van der Waals surface area contributed by atoms with Crippen molar-refractivity contribution >= 4 is 24.0 Å². The van der Waals surface area contributed by atoms with E-state index < -0.39 is 0 Å². The largest absolute Gasteiger partial charge is 0.322 e. The molecule has 2 aromatic rings. The van der Waals surface area contributed by atoms with Crippen LogP contribution < -0.4 is 10.6 Å². The van der Waals surface area contributed by atoms with Crippen LogP contribution in [0, 0.1) is 0 Å². The van der Waals surface area contributed by atoms with Gasteiger partial charge in [0.25, 0.3) is 0 Å². The van der Waals surface area contributed by atoms with Crippen molar-refractivity contribution in [3.63, 3.8) is 0 Å². The summed E-state index contributed by atoms with van der Waals surface area (Å²) in [6.07, 6.45) is 8.48. The molecule has 106 valence electrons. The number of carbonyl (C=O) groups is 1. The molecule has 0 bridgehead atoms. The highest BCUT2D eigenvalue weighted by atomic mass is 35.5. The van der Waals surface area contributed by atoms with E-state index in [0.29, 0.717) is 11.6 Å². The van der Waals surface area contributed by atoms with Gasteiger partial charge < -0.3 is 10.6 Å². The SMILES string of the molecule is Cl.O=C(Nc1cnn(-c2ncccn2)c1)C1CCCN1. The Labute approximate surface area is 122 Å². The molecular weight excluding hydrogens is 280 g/mol. The van der Waals surface area contributed by atoms with E-state index in [1.165, 1.54) is 4.68 Å². The minimum atomic E-state index is -0.101. The smallest absolute Gasteiger partial charge is 0.250 e. The number of aromatic nitrogens is 4. The third kappa shape index (κ3) is 3.12. The van der Waals surface area contributed by atoms with Crippen molar-refractivity contribution in [2.24, 2.45) is 0 Å². The summed E-state index contributed by atoms with van der Waals surface area (Å²) < 4.78 is 1.53. The number of halogens is 1. The van der Waals surface area contributed by atoms with E-state index in [1.807, 2.05) is 0 Å². The minimum absolute atomic E-state index is 0. The highest BCUT2D eigenvalue weighted by Crippen LogP contribution is 2.11. The van der Waals surface area contributed by atoms with Crippen molar-refractivity contribution in [3.05, 3.63) is 30.9 Å². The van der Waals surface area contributed by atoms with Gasteiger partial charge in [0.15, 0.2) is 0 Å². The topological polar surface area (TPSA) is 84.7 Å². The van der Waals surface area contributed by atoms with E-state index in [-0.39, 0.29) is 24.4 Å². The predicted octanol–water partition coefficient (Wildman–Crippen LogP) is 0.775. The molecule has 3 heterocycles. The fourth-order valence-electron chi connectivity index (χ4n) is 2.04. The van der Waals surface area contributed by atoms with Crippen molar-refractivity contribution in [1.29, 1.82) is 0 Å². The molecule has 2 N–H and O–H groups in total. The molecule has 2 aromatic heterocycles. The number of hydrogen-bond donors (Lipinski definition) is 2. The summed E-state index contributed by atoms with van der Waals surface area (Å²) in [6.45, 7) is 0.898. The second-order valence-corrected chi connectivity index (χ2v) is 4.36. The molecule has 1 atom stereocenters. The van der Waals surface area contributed by atoms with E-state index in [4.69, 9.17) is 0 Å². The standard InChI is InChI=1S/C12H14N6O.ClH/c19-11(10-3-1-4-13-10)17-9-7-16-18(8-9)12-14-5-2-6-15-12;/h2,5-8,10,13H,1,3-4H2,(H,17,19);1H. The molecule has 7 nitrogen and oxygen atoms in total. The Hall–Kier alpha value is -1.99. The number of anilines is 1. The van der Waals surface area contributed by atoms with Crippen LogP contribution in [0.2, 0.25) is 0 Å². The summed E-state index contributed by atoms with van der Waals surface area (Å²) >= 11 is 0. The van der Waals surface area contributed by atoms with Crippen molar-refractivity contribution in [3.8, 4) is 5.95 Å². The summed E-state index contributed by atoms with van der Waals surface area (Å²) in [7, 11) is 0. The van der Waals surface area contributed by atoms with Crippen LogP contribution in [-0.2, 0) is 4.79 Å². The van der Waals surface area contributed by atoms with E-state index in [1.54, 1.807) is 30.9 Å². The molecule has 0 aliphatic carbocycles. The number of rotatable bonds is 3. The van der Waals surface area contributed by atoms with Crippen LogP contribution in [0.3, 0.4) is 0 Å². The molecule has 3 rings (SSSR count). The lowest BCUT2D eigenvalue weighted by Crippen LogP contribution is -2.35. The van der Waals surface area contributed by atoms with Gasteiger partial charge in [-0.25, -0.2) is 14.6 Å². The Kier molecular flexibility index (Phi) is 4.65. The second-order valence-electron chi connectivity index (χ2n) is 4.36. The number of carbonyl (C=O) groups excluding carboxylic acids is 1. The van der Waals surface area contributed by atoms with Gasteiger partial charge in [-0.1, -0.05) is 0 Å². The highest BCUT2D eigenvalue weighted by molar-refractivity contribution is 5.94. The Morgan fingerprint density at radius 3 is 2.90 bits per heavy atom. The Balaban J connectivity index is 0.00000147. The molecule has 0 aromatic carbocycles. The van der Waals surface area contributed by atoms with E-state index in [0.717, 1.165) is 19.4 Å². The highest BCUT2D eigenvalue weighted by Gasteiger charge is 2.22. The average Bonchev–Trinajstić information content (AvgIpc) is 3.11. The monoisotopic (exact) mass is 294 g/mol. The number of nitrogens with zero attached hydrogens (tertiary/aromatic N) is 4. The summed E-state index contributed by atoms with van der Waals surface area (Å²) in [5.74, 6) is 0.452. The first kappa shape index (κ1) is 14.4. The molecular formula is C12H15ClN6O. The maximum atomic E-state index is 11.9. The van der Waals surface area contributed by atoms with Gasteiger partial charge in [0.05, 0.1) is 24.1 Å². The predicted molar refractivity (Wildman–Crippen MR) is 76.1 cm³/mol. The maximum Gasteiger partial charge on any atom is 0.250 e. The van der Waals surface area contributed by atoms with Gasteiger partial charge in [0.2, 0.25) is 11.9 Å². The van der Waals surface area contributed by atoms with Gasteiger partial charge in [0.1, 0.15) is 0 Å². The van der Waals surface area contributed by atoms with Gasteiger partial charge >= 0.3 is 0 Å². The first-order chi connectivity index (χ1) is 9.33. The second kappa shape index (κ2) is 6.44. The molecule has 0 spiro atoms. The van der Waals surface area contributed by atoms with Crippen LogP contribution in [0.25, 0.3) is 5.95 Å². The zero-order chi connectivity index (χ0) is 13.1. The summed E-state index contributed by atoms with van der Waals surface area (Å²) in [5, 5.41) is 10.1. The van der Waals surface area contributed by atoms with E-state index >= 15 is 0 Å². The van der Waals surface area contributed by atoms with Crippen LogP contribution in [0.15, 0.2) is 30.9 Å². The summed E-state index contributed by atoms with van der Waals surface area (Å²) in [5.41, 5.74) is 0.645. The van der Waals surface area contributed by atoms with Crippen molar-refractivity contribution in [2.75, 3.05) is 11.9 Å². The molecule has 1 amide bonds. The number of amides is 1. The molecule has 1 fully saturated rings. The third-order valence-electron chi connectivity index (χ3n) is 2.98. The number of hydrogen-bond acceptors (Lipinski definition) is 5. The zero-order valence-electron chi connectivity index (χ0n) is 10.7. The molecule has 20 heavy (non-hydrogen) atoms. The fraction of sp³-hybridized carbons (Fsp3) is 0.333. The minimum Gasteiger partial charge on any atom is -0.322 e. The summed E-state index contributed by atoms with van der Waals surface area (Å²) in [6, 6.07) is 1.64. The lowest BCUT2D eigenvalue weighted by Gasteiger charge is -2.08. The van der Waals surface area contributed by atoms with Crippen LogP contribution in [-0.4, -0.2) is 38.2 Å².